The van der Waals surface area contributed by atoms with Crippen LogP contribution in [-0.4, -0.2) is 55.1 Å². The Labute approximate surface area is 209 Å². The van der Waals surface area contributed by atoms with Gasteiger partial charge in [0.25, 0.3) is 0 Å². The van der Waals surface area contributed by atoms with E-state index in [4.69, 9.17) is 15.2 Å². The largest absolute Gasteiger partial charge is 0.465 e. The Hall–Kier alpha value is -4.47. The molecular weight excluding hydrogens is 456 g/mol. The van der Waals surface area contributed by atoms with Gasteiger partial charge in [-0.05, 0) is 62.2 Å². The Balaban J connectivity index is 1.33. The Morgan fingerprint density at radius 3 is 2.78 bits per heavy atom. The Kier molecular flexibility index (Phi) is 6.74. The lowest BCUT2D eigenvalue weighted by atomic mass is 10.1. The molecule has 4 aromatic rings. The molecule has 1 amide bonds. The van der Waals surface area contributed by atoms with Gasteiger partial charge in [0, 0.05) is 73.0 Å². The maximum atomic E-state index is 11.0. The monoisotopic (exact) mass is 484 g/mol. The number of hydrogen-bond donors (Lipinski definition) is 3. The summed E-state index contributed by atoms with van der Waals surface area (Å²) >= 11 is 0. The van der Waals surface area contributed by atoms with Crippen LogP contribution in [0.5, 0.6) is 0 Å². The van der Waals surface area contributed by atoms with E-state index in [-0.39, 0.29) is 6.04 Å². The van der Waals surface area contributed by atoms with E-state index in [0.717, 1.165) is 59.8 Å². The molecule has 0 saturated carbocycles. The summed E-state index contributed by atoms with van der Waals surface area (Å²) in [6, 6.07) is 13.7. The van der Waals surface area contributed by atoms with Crippen molar-refractivity contribution in [2.75, 3.05) is 23.3 Å². The molecule has 0 spiro atoms. The van der Waals surface area contributed by atoms with Crippen LogP contribution < -0.4 is 15.5 Å². The summed E-state index contributed by atoms with van der Waals surface area (Å²) in [5.74, 6) is 0.491. The second-order valence-corrected chi connectivity index (χ2v) is 8.66. The average molecular weight is 485 g/mol. The van der Waals surface area contributed by atoms with Crippen LogP contribution >= 0.6 is 0 Å². The number of nitrogens with one attached hydrogen (secondary N) is 2. The van der Waals surface area contributed by atoms with Crippen molar-refractivity contribution in [2.24, 2.45) is 0 Å². The standard InChI is InChI=1S/C26H28N8O2/c1-2-34-17-22(24(32-34)18-5-3-12-27-15-18)23-11-13-28-25(31-23)29-19-7-9-21(10-8-19)33-14-4-6-20(16-33)30-26(35)36/h3,5,7-13,15,17,20,30H,2,4,6,14,16H2,1H3,(H,35,36)(H,28,29,31). The Bertz CT molecular complexity index is 1320. The SMILES string of the molecule is CCn1cc(-c2ccnc(Nc3ccc(N4CCCC(NC(=O)O)C4)cc3)n2)c(-c2cccnc2)n1. The molecule has 0 radical (unpaired) electrons. The second-order valence-electron chi connectivity index (χ2n) is 8.66. The Morgan fingerprint density at radius 1 is 1.17 bits per heavy atom. The van der Waals surface area contributed by atoms with E-state index in [0.29, 0.717) is 12.5 Å². The molecule has 0 aliphatic carbocycles. The van der Waals surface area contributed by atoms with Crippen molar-refractivity contribution in [3.8, 4) is 22.5 Å². The fourth-order valence-corrected chi connectivity index (χ4v) is 4.44. The number of aryl methyl sites for hydroxylation is 1. The molecule has 1 atom stereocenters. The lowest BCUT2D eigenvalue weighted by molar-refractivity contribution is 0.188. The van der Waals surface area contributed by atoms with Gasteiger partial charge in [-0.1, -0.05) is 0 Å². The molecule has 1 fully saturated rings. The third-order valence-corrected chi connectivity index (χ3v) is 6.19. The number of benzene rings is 1. The van der Waals surface area contributed by atoms with Crippen molar-refractivity contribution >= 4 is 23.4 Å². The molecule has 1 aliphatic heterocycles. The molecule has 10 heteroatoms. The molecule has 0 bridgehead atoms. The molecule has 1 unspecified atom stereocenters. The van der Waals surface area contributed by atoms with Crippen LogP contribution in [0.1, 0.15) is 19.8 Å². The summed E-state index contributed by atoms with van der Waals surface area (Å²) < 4.78 is 1.89. The van der Waals surface area contributed by atoms with Crippen molar-refractivity contribution in [1.82, 2.24) is 30.0 Å². The third kappa shape index (κ3) is 5.27. The highest BCUT2D eigenvalue weighted by atomic mass is 16.4. The minimum absolute atomic E-state index is 0.0567. The molecule has 1 aliphatic rings. The first kappa shape index (κ1) is 23.3. The van der Waals surface area contributed by atoms with E-state index < -0.39 is 6.09 Å². The van der Waals surface area contributed by atoms with Crippen molar-refractivity contribution < 1.29 is 9.90 Å². The fraction of sp³-hybridized carbons (Fsp3) is 0.269. The molecule has 3 N–H and O–H groups in total. The number of hydrogen-bond acceptors (Lipinski definition) is 7. The van der Waals surface area contributed by atoms with Gasteiger partial charge in [-0.25, -0.2) is 14.8 Å². The van der Waals surface area contributed by atoms with E-state index in [1.165, 1.54) is 0 Å². The molecule has 36 heavy (non-hydrogen) atoms. The number of amides is 1. The molecular formula is C26H28N8O2. The summed E-state index contributed by atoms with van der Waals surface area (Å²) in [5.41, 5.74) is 5.37. The van der Waals surface area contributed by atoms with Gasteiger partial charge in [0.2, 0.25) is 5.95 Å². The van der Waals surface area contributed by atoms with Crippen molar-refractivity contribution in [3.05, 3.63) is 67.3 Å². The summed E-state index contributed by atoms with van der Waals surface area (Å²) in [7, 11) is 0. The number of pyridine rings is 1. The van der Waals surface area contributed by atoms with Gasteiger partial charge < -0.3 is 20.6 Å². The topological polar surface area (TPSA) is 121 Å². The summed E-state index contributed by atoms with van der Waals surface area (Å²) in [5, 5.41) is 19.6. The van der Waals surface area contributed by atoms with Gasteiger partial charge in [0.1, 0.15) is 5.69 Å². The maximum absolute atomic E-state index is 11.0. The van der Waals surface area contributed by atoms with Gasteiger partial charge in [-0.15, -0.1) is 0 Å². The van der Waals surface area contributed by atoms with E-state index >= 15 is 0 Å². The van der Waals surface area contributed by atoms with E-state index in [2.05, 4.69) is 25.5 Å². The fourth-order valence-electron chi connectivity index (χ4n) is 4.44. The molecule has 184 valence electrons. The predicted octanol–water partition coefficient (Wildman–Crippen LogP) is 4.40. The smallest absolute Gasteiger partial charge is 0.404 e. The van der Waals surface area contributed by atoms with E-state index in [1.807, 2.05) is 60.3 Å². The number of carboxylic acid groups (broad SMARTS) is 1. The molecule has 5 rings (SSSR count). The molecule has 1 saturated heterocycles. The number of nitrogens with zero attached hydrogens (tertiary/aromatic N) is 6. The molecule has 4 heterocycles. The molecule has 1 aromatic carbocycles. The van der Waals surface area contributed by atoms with Crippen LogP contribution in [0.4, 0.5) is 22.1 Å². The molecule has 10 nitrogen and oxygen atoms in total. The van der Waals surface area contributed by atoms with Crippen LogP contribution in [0, 0.1) is 0 Å². The number of anilines is 3. The molecule has 3 aromatic heterocycles. The van der Waals surface area contributed by atoms with Gasteiger partial charge >= 0.3 is 6.09 Å². The Morgan fingerprint density at radius 2 is 2.03 bits per heavy atom. The minimum Gasteiger partial charge on any atom is -0.465 e. The lowest BCUT2D eigenvalue weighted by Gasteiger charge is -2.34. The zero-order valence-electron chi connectivity index (χ0n) is 20.0. The van der Waals surface area contributed by atoms with Crippen LogP contribution in [0.2, 0.25) is 0 Å². The average Bonchev–Trinajstić information content (AvgIpc) is 3.34. The van der Waals surface area contributed by atoms with Crippen molar-refractivity contribution in [1.29, 1.82) is 0 Å². The summed E-state index contributed by atoms with van der Waals surface area (Å²) in [4.78, 5) is 26.6. The normalized spacial score (nSPS) is 15.5. The first-order valence-electron chi connectivity index (χ1n) is 12.0. The predicted molar refractivity (Wildman–Crippen MR) is 138 cm³/mol. The van der Waals surface area contributed by atoms with Gasteiger partial charge in [0.05, 0.1) is 5.69 Å². The third-order valence-electron chi connectivity index (χ3n) is 6.19. The van der Waals surface area contributed by atoms with Crippen LogP contribution in [0.25, 0.3) is 22.5 Å². The van der Waals surface area contributed by atoms with Gasteiger partial charge in [0.15, 0.2) is 0 Å². The number of aromatic nitrogens is 5. The van der Waals surface area contributed by atoms with Gasteiger partial charge in [-0.3, -0.25) is 9.67 Å². The van der Waals surface area contributed by atoms with Crippen molar-refractivity contribution in [3.63, 3.8) is 0 Å². The second kappa shape index (κ2) is 10.4. The number of carbonyl (C=O) groups is 1. The van der Waals surface area contributed by atoms with Crippen LogP contribution in [0.15, 0.2) is 67.3 Å². The maximum Gasteiger partial charge on any atom is 0.404 e. The first-order valence-corrected chi connectivity index (χ1v) is 12.0. The van der Waals surface area contributed by atoms with Gasteiger partial charge in [-0.2, -0.15) is 5.10 Å². The lowest BCUT2D eigenvalue weighted by Crippen LogP contribution is -2.47. The zero-order chi connectivity index (χ0) is 24.9. The van der Waals surface area contributed by atoms with Crippen LogP contribution in [0.3, 0.4) is 0 Å². The number of rotatable bonds is 7. The zero-order valence-corrected chi connectivity index (χ0v) is 20.0. The summed E-state index contributed by atoms with van der Waals surface area (Å²) in [6.45, 7) is 4.36. The quantitative estimate of drug-likeness (QED) is 0.353. The highest BCUT2D eigenvalue weighted by molar-refractivity contribution is 5.78. The highest BCUT2D eigenvalue weighted by Crippen LogP contribution is 2.30. The van der Waals surface area contributed by atoms with Crippen LogP contribution in [-0.2, 0) is 6.54 Å². The van der Waals surface area contributed by atoms with E-state index in [9.17, 15) is 4.79 Å². The van der Waals surface area contributed by atoms with E-state index in [1.54, 1.807) is 18.6 Å². The first-order chi connectivity index (χ1) is 17.6. The minimum atomic E-state index is -0.974. The highest BCUT2D eigenvalue weighted by Gasteiger charge is 2.21. The summed E-state index contributed by atoms with van der Waals surface area (Å²) in [6.07, 6.45) is 8.10. The van der Waals surface area contributed by atoms with Crippen molar-refractivity contribution in [2.45, 2.75) is 32.4 Å². The number of piperidine rings is 1.